The van der Waals surface area contributed by atoms with E-state index in [0.29, 0.717) is 0 Å². The molecular weight excluding hydrogens is 244 g/mol. The van der Waals surface area contributed by atoms with Crippen molar-refractivity contribution in [3.05, 3.63) is 57.0 Å². The van der Waals surface area contributed by atoms with Gasteiger partial charge in [0.15, 0.2) is 0 Å². The highest BCUT2D eigenvalue weighted by Crippen LogP contribution is 2.04. The molecule has 0 atom stereocenters. The van der Waals surface area contributed by atoms with Crippen LogP contribution in [-0.4, -0.2) is 20.7 Å². The Bertz CT molecular complexity index is 670. The van der Waals surface area contributed by atoms with E-state index in [2.05, 4.69) is 10.3 Å². The minimum absolute atomic E-state index is 0.228. The monoisotopic (exact) mass is 260 g/mol. The largest absolute Gasteiger partial charge is 0.370 e. The van der Waals surface area contributed by atoms with E-state index in [9.17, 15) is 9.59 Å². The lowest BCUT2D eigenvalue weighted by atomic mass is 10.3. The van der Waals surface area contributed by atoms with Crippen LogP contribution < -0.4 is 16.6 Å². The zero-order valence-corrected chi connectivity index (χ0v) is 11.0. The van der Waals surface area contributed by atoms with Gasteiger partial charge in [-0.05, 0) is 18.6 Å². The summed E-state index contributed by atoms with van der Waals surface area (Å²) in [6.45, 7) is 3.01. The van der Waals surface area contributed by atoms with Crippen molar-refractivity contribution in [1.29, 1.82) is 0 Å². The van der Waals surface area contributed by atoms with Crippen LogP contribution in [0.1, 0.15) is 12.5 Å². The topological polar surface area (TPSA) is 68.9 Å². The van der Waals surface area contributed by atoms with Gasteiger partial charge in [0.1, 0.15) is 5.82 Å². The second-order valence-corrected chi connectivity index (χ2v) is 4.22. The molecule has 2 heterocycles. The van der Waals surface area contributed by atoms with Crippen molar-refractivity contribution in [3.63, 3.8) is 0 Å². The summed E-state index contributed by atoms with van der Waals surface area (Å²) in [4.78, 5) is 27.8. The highest BCUT2D eigenvalue weighted by molar-refractivity contribution is 5.35. The van der Waals surface area contributed by atoms with Gasteiger partial charge in [-0.1, -0.05) is 6.07 Å². The number of hydrogen-bond donors (Lipinski definition) is 1. The molecule has 0 unspecified atom stereocenters. The van der Waals surface area contributed by atoms with Crippen LogP contribution in [0, 0.1) is 0 Å². The highest BCUT2D eigenvalue weighted by atomic mass is 16.2. The Labute approximate surface area is 110 Å². The van der Waals surface area contributed by atoms with E-state index in [-0.39, 0.29) is 17.8 Å². The number of hydrogen-bond acceptors (Lipinski definition) is 4. The maximum atomic E-state index is 11.9. The van der Waals surface area contributed by atoms with Crippen molar-refractivity contribution in [3.8, 4) is 0 Å². The molecule has 100 valence electrons. The first-order chi connectivity index (χ1) is 9.11. The molecule has 2 rings (SSSR count). The third-order valence-electron chi connectivity index (χ3n) is 2.76. The van der Waals surface area contributed by atoms with Crippen LogP contribution in [0.25, 0.3) is 0 Å². The minimum atomic E-state index is -0.330. The van der Waals surface area contributed by atoms with Crippen LogP contribution >= 0.6 is 0 Å². The van der Waals surface area contributed by atoms with Gasteiger partial charge < -0.3 is 9.88 Å². The second-order valence-electron chi connectivity index (χ2n) is 4.22. The molecule has 0 saturated carbocycles. The molecule has 0 radical (unpaired) electrons. The molecule has 0 aliphatic carbocycles. The van der Waals surface area contributed by atoms with Crippen molar-refractivity contribution >= 4 is 5.82 Å². The van der Waals surface area contributed by atoms with Gasteiger partial charge in [-0.15, -0.1) is 0 Å². The van der Waals surface area contributed by atoms with Gasteiger partial charge >= 0.3 is 5.69 Å². The molecule has 0 fully saturated rings. The SMILES string of the molecule is CCNc1ccc(Cn2c(=O)ccn(C)c2=O)cn1. The average molecular weight is 260 g/mol. The number of anilines is 1. The van der Waals surface area contributed by atoms with Crippen LogP contribution in [-0.2, 0) is 13.6 Å². The fourth-order valence-electron chi connectivity index (χ4n) is 1.75. The number of nitrogens with one attached hydrogen (secondary N) is 1. The summed E-state index contributed by atoms with van der Waals surface area (Å²) < 4.78 is 2.56. The third-order valence-corrected chi connectivity index (χ3v) is 2.76. The number of pyridine rings is 1. The van der Waals surface area contributed by atoms with E-state index in [4.69, 9.17) is 0 Å². The van der Waals surface area contributed by atoms with Gasteiger partial charge in [-0.3, -0.25) is 9.36 Å². The number of nitrogens with zero attached hydrogens (tertiary/aromatic N) is 3. The Morgan fingerprint density at radius 2 is 2.05 bits per heavy atom. The van der Waals surface area contributed by atoms with E-state index in [0.717, 1.165) is 17.9 Å². The smallest absolute Gasteiger partial charge is 0.331 e. The molecule has 6 nitrogen and oxygen atoms in total. The first kappa shape index (κ1) is 13.1. The van der Waals surface area contributed by atoms with Gasteiger partial charge in [0.2, 0.25) is 0 Å². The third kappa shape index (κ3) is 2.90. The maximum Gasteiger partial charge on any atom is 0.331 e. The lowest BCUT2D eigenvalue weighted by molar-refractivity contribution is 0.638. The van der Waals surface area contributed by atoms with Gasteiger partial charge in [0, 0.05) is 32.1 Å². The lowest BCUT2D eigenvalue weighted by Crippen LogP contribution is -2.38. The summed E-state index contributed by atoms with van der Waals surface area (Å²) in [5.74, 6) is 0.777. The van der Waals surface area contributed by atoms with Crippen LogP contribution in [0.5, 0.6) is 0 Å². The fraction of sp³-hybridized carbons (Fsp3) is 0.308. The Balaban J connectivity index is 2.29. The standard InChI is InChI=1S/C13H16N4O2/c1-3-14-11-5-4-10(8-15-11)9-17-12(18)6-7-16(2)13(17)19/h4-8H,3,9H2,1-2H3,(H,14,15). The molecule has 0 spiro atoms. The summed E-state index contributed by atoms with van der Waals surface area (Å²) in [7, 11) is 1.62. The van der Waals surface area contributed by atoms with Crippen LogP contribution in [0.4, 0.5) is 5.82 Å². The molecule has 1 N–H and O–H groups in total. The molecule has 19 heavy (non-hydrogen) atoms. The van der Waals surface area contributed by atoms with E-state index in [1.807, 2.05) is 19.1 Å². The Kier molecular flexibility index (Phi) is 3.79. The summed E-state index contributed by atoms with van der Waals surface area (Å²) in [5, 5.41) is 3.08. The van der Waals surface area contributed by atoms with Crippen molar-refractivity contribution in [2.45, 2.75) is 13.5 Å². The summed E-state index contributed by atoms with van der Waals surface area (Å²) in [6.07, 6.45) is 3.13. The quantitative estimate of drug-likeness (QED) is 0.865. The average Bonchev–Trinajstić information content (AvgIpc) is 2.41. The first-order valence-electron chi connectivity index (χ1n) is 6.07. The van der Waals surface area contributed by atoms with Crippen molar-refractivity contribution in [2.24, 2.45) is 7.05 Å². The Hall–Kier alpha value is -2.37. The van der Waals surface area contributed by atoms with Crippen molar-refractivity contribution in [1.82, 2.24) is 14.1 Å². The molecular formula is C13H16N4O2. The molecule has 2 aromatic heterocycles. The molecule has 6 heteroatoms. The van der Waals surface area contributed by atoms with Crippen molar-refractivity contribution in [2.75, 3.05) is 11.9 Å². The number of rotatable bonds is 4. The predicted octanol–water partition coefficient (Wildman–Crippen LogP) is 0.422. The highest BCUT2D eigenvalue weighted by Gasteiger charge is 2.04. The molecule has 0 bridgehead atoms. The van der Waals surface area contributed by atoms with E-state index >= 15 is 0 Å². The number of aryl methyl sites for hydroxylation is 1. The normalized spacial score (nSPS) is 10.4. The minimum Gasteiger partial charge on any atom is -0.370 e. The van der Waals surface area contributed by atoms with Crippen molar-refractivity contribution < 1.29 is 0 Å². The zero-order valence-electron chi connectivity index (χ0n) is 11.0. The second kappa shape index (κ2) is 5.51. The van der Waals surface area contributed by atoms with E-state index in [1.54, 1.807) is 13.2 Å². The summed E-state index contributed by atoms with van der Waals surface area (Å²) >= 11 is 0. The lowest BCUT2D eigenvalue weighted by Gasteiger charge is -2.07. The van der Waals surface area contributed by atoms with Gasteiger partial charge in [-0.2, -0.15) is 0 Å². The summed E-state index contributed by atoms with van der Waals surface area (Å²) in [6, 6.07) is 5.06. The fourth-order valence-corrected chi connectivity index (χ4v) is 1.75. The van der Waals surface area contributed by atoms with Crippen LogP contribution in [0.15, 0.2) is 40.2 Å². The van der Waals surface area contributed by atoms with Gasteiger partial charge in [0.05, 0.1) is 6.54 Å². The molecule has 0 aliphatic heterocycles. The van der Waals surface area contributed by atoms with E-state index in [1.165, 1.54) is 21.4 Å². The molecule has 2 aromatic rings. The van der Waals surface area contributed by atoms with Gasteiger partial charge in [-0.25, -0.2) is 9.78 Å². The zero-order chi connectivity index (χ0) is 13.8. The first-order valence-corrected chi connectivity index (χ1v) is 6.07. The predicted molar refractivity (Wildman–Crippen MR) is 73.4 cm³/mol. The van der Waals surface area contributed by atoms with Crippen LogP contribution in [0.3, 0.4) is 0 Å². The molecule has 0 amide bonds. The number of aromatic nitrogens is 3. The Morgan fingerprint density at radius 3 is 2.68 bits per heavy atom. The van der Waals surface area contributed by atoms with Gasteiger partial charge in [0.25, 0.3) is 5.56 Å². The molecule has 0 saturated heterocycles. The molecule has 0 aromatic carbocycles. The molecule has 0 aliphatic rings. The van der Waals surface area contributed by atoms with Crippen LogP contribution in [0.2, 0.25) is 0 Å². The summed E-state index contributed by atoms with van der Waals surface area (Å²) in [5.41, 5.74) is 0.175. The van der Waals surface area contributed by atoms with E-state index < -0.39 is 0 Å². The maximum absolute atomic E-state index is 11.9. The Morgan fingerprint density at radius 1 is 1.26 bits per heavy atom.